The smallest absolute Gasteiger partial charge is 0.220 e. The molecule has 2 heteroatoms. The van der Waals surface area contributed by atoms with E-state index in [1.54, 1.807) is 11.6 Å². The number of hydrogen-bond donors (Lipinski definition) is 1. The van der Waals surface area contributed by atoms with Crippen molar-refractivity contribution in [2.45, 2.75) is 79.6 Å². The Kier molecular flexibility index (Phi) is 4.00. The minimum Gasteiger partial charge on any atom is -0.504 e. The van der Waals surface area contributed by atoms with Crippen LogP contribution in [0.5, 0.6) is 0 Å². The molecule has 0 aromatic rings. The summed E-state index contributed by atoms with van der Waals surface area (Å²) in [6, 6.07) is 0. The molecule has 0 radical (unpaired) electrons. The number of carbonyl (C=O) groups excluding carboxylic acids is 1. The third kappa shape index (κ3) is 2.44. The number of rotatable bonds is 0. The van der Waals surface area contributed by atoms with E-state index in [2.05, 4.69) is 39.8 Å². The SMILES string of the molecule is CC1=C(O)C(=O)C=C2C1=CC=C1C2(C)CCC2C3C[C@@H](C)CC[C@]3(C)CCC12C. The van der Waals surface area contributed by atoms with Crippen LogP contribution >= 0.6 is 0 Å². The Hall–Kier alpha value is -1.57. The third-order valence-electron chi connectivity index (χ3n) is 10.0. The summed E-state index contributed by atoms with van der Waals surface area (Å²) < 4.78 is 0. The van der Waals surface area contributed by atoms with Crippen molar-refractivity contribution in [2.75, 3.05) is 0 Å². The molecule has 0 amide bonds. The van der Waals surface area contributed by atoms with Crippen LogP contribution in [-0.2, 0) is 4.79 Å². The van der Waals surface area contributed by atoms with Gasteiger partial charge in [-0.25, -0.2) is 0 Å². The van der Waals surface area contributed by atoms with Crippen LogP contribution in [0.3, 0.4) is 0 Å². The van der Waals surface area contributed by atoms with E-state index in [9.17, 15) is 9.90 Å². The monoisotopic (exact) mass is 392 g/mol. The number of carbonyl (C=O) groups is 1. The summed E-state index contributed by atoms with van der Waals surface area (Å²) in [7, 11) is 0. The molecule has 156 valence electrons. The molecule has 29 heavy (non-hydrogen) atoms. The zero-order valence-electron chi connectivity index (χ0n) is 18.8. The van der Waals surface area contributed by atoms with Gasteiger partial charge in [0, 0.05) is 11.0 Å². The molecule has 3 saturated carbocycles. The lowest BCUT2D eigenvalue weighted by atomic mass is 9.40. The summed E-state index contributed by atoms with van der Waals surface area (Å²) >= 11 is 0. The first-order valence-electron chi connectivity index (χ1n) is 11.7. The van der Waals surface area contributed by atoms with E-state index in [1.807, 2.05) is 6.92 Å². The Morgan fingerprint density at radius 3 is 2.52 bits per heavy atom. The fourth-order valence-electron chi connectivity index (χ4n) is 8.08. The first kappa shape index (κ1) is 19.4. The van der Waals surface area contributed by atoms with E-state index in [1.165, 1.54) is 38.5 Å². The molecule has 0 heterocycles. The van der Waals surface area contributed by atoms with Gasteiger partial charge >= 0.3 is 0 Å². The molecule has 5 rings (SSSR count). The quantitative estimate of drug-likeness (QED) is 0.489. The number of allylic oxidation sites excluding steroid dienone is 7. The van der Waals surface area contributed by atoms with Crippen molar-refractivity contribution in [3.8, 4) is 0 Å². The average Bonchev–Trinajstić information content (AvgIpc) is 2.67. The largest absolute Gasteiger partial charge is 0.504 e. The average molecular weight is 393 g/mol. The van der Waals surface area contributed by atoms with Crippen molar-refractivity contribution in [1.29, 1.82) is 0 Å². The maximum absolute atomic E-state index is 12.5. The van der Waals surface area contributed by atoms with Gasteiger partial charge in [0.15, 0.2) is 5.76 Å². The van der Waals surface area contributed by atoms with Crippen LogP contribution < -0.4 is 0 Å². The van der Waals surface area contributed by atoms with Gasteiger partial charge in [0.1, 0.15) is 0 Å². The van der Waals surface area contributed by atoms with Crippen LogP contribution in [0, 0.1) is 34.0 Å². The molecule has 2 nitrogen and oxygen atoms in total. The van der Waals surface area contributed by atoms with Gasteiger partial charge in [-0.2, -0.15) is 0 Å². The van der Waals surface area contributed by atoms with Gasteiger partial charge in [-0.15, -0.1) is 0 Å². The second-order valence-corrected chi connectivity index (χ2v) is 11.6. The predicted octanol–water partition coefficient (Wildman–Crippen LogP) is 6.85. The molecule has 1 N–H and O–H groups in total. The van der Waals surface area contributed by atoms with E-state index in [0.717, 1.165) is 40.9 Å². The Balaban J connectivity index is 1.61. The van der Waals surface area contributed by atoms with Crippen molar-refractivity contribution in [2.24, 2.45) is 34.0 Å². The Labute approximate surface area is 175 Å². The van der Waals surface area contributed by atoms with Gasteiger partial charge in [-0.05, 0) is 91.3 Å². The van der Waals surface area contributed by atoms with E-state index in [0.29, 0.717) is 5.41 Å². The lowest BCUT2D eigenvalue weighted by Crippen LogP contribution is -2.55. The van der Waals surface area contributed by atoms with Gasteiger partial charge in [-0.1, -0.05) is 51.8 Å². The van der Waals surface area contributed by atoms with Gasteiger partial charge < -0.3 is 5.11 Å². The topological polar surface area (TPSA) is 37.3 Å². The summed E-state index contributed by atoms with van der Waals surface area (Å²) in [5, 5.41) is 10.2. The molecule has 0 spiro atoms. The Bertz CT molecular complexity index is 915. The summed E-state index contributed by atoms with van der Waals surface area (Å²) in [6.07, 6.45) is 15.5. The van der Waals surface area contributed by atoms with E-state index < -0.39 is 0 Å². The van der Waals surface area contributed by atoms with Gasteiger partial charge in [0.25, 0.3) is 0 Å². The standard InChI is InChI=1S/C27H36O2/c1-16-8-10-25(3)12-13-27(5)19(21(25)14-16)9-11-26(4)20-15-22(28)24(29)17(2)18(20)6-7-23(26)27/h6-7,15-16,19,21,29H,8-14H2,1-5H3/t16-,19?,21?,25+,26?,27?/m0/s1. The molecule has 0 aromatic heterocycles. The minimum atomic E-state index is -0.221. The summed E-state index contributed by atoms with van der Waals surface area (Å²) in [5.41, 5.74) is 5.18. The normalized spacial score (nSPS) is 46.6. The van der Waals surface area contributed by atoms with Crippen LogP contribution in [0.2, 0.25) is 0 Å². The molecule has 0 saturated heterocycles. The van der Waals surface area contributed by atoms with Crippen LogP contribution in [-0.4, -0.2) is 10.9 Å². The van der Waals surface area contributed by atoms with Crippen LogP contribution in [0.4, 0.5) is 0 Å². The molecule has 5 aliphatic rings. The molecule has 6 atom stereocenters. The lowest BCUT2D eigenvalue weighted by molar-refractivity contribution is -0.114. The first-order valence-corrected chi connectivity index (χ1v) is 11.7. The van der Waals surface area contributed by atoms with Crippen LogP contribution in [0.15, 0.2) is 46.3 Å². The number of aliphatic hydroxyl groups is 1. The fraction of sp³-hybridized carbons (Fsp3) is 0.667. The van der Waals surface area contributed by atoms with Crippen molar-refractivity contribution in [1.82, 2.24) is 0 Å². The molecular weight excluding hydrogens is 356 g/mol. The summed E-state index contributed by atoms with van der Waals surface area (Å²) in [5.74, 6) is 2.13. The predicted molar refractivity (Wildman–Crippen MR) is 117 cm³/mol. The highest BCUT2D eigenvalue weighted by molar-refractivity contribution is 6.06. The van der Waals surface area contributed by atoms with Gasteiger partial charge in [-0.3, -0.25) is 4.79 Å². The van der Waals surface area contributed by atoms with Crippen LogP contribution in [0.1, 0.15) is 79.6 Å². The highest BCUT2D eigenvalue weighted by atomic mass is 16.3. The van der Waals surface area contributed by atoms with E-state index >= 15 is 0 Å². The van der Waals surface area contributed by atoms with Crippen molar-refractivity contribution < 1.29 is 9.90 Å². The van der Waals surface area contributed by atoms with E-state index in [-0.39, 0.29) is 22.4 Å². The molecule has 5 aliphatic carbocycles. The molecule has 0 bridgehead atoms. The molecule has 0 aliphatic heterocycles. The summed E-state index contributed by atoms with van der Waals surface area (Å²) in [6.45, 7) is 11.8. The molecule has 4 unspecified atom stereocenters. The van der Waals surface area contributed by atoms with Gasteiger partial charge in [0.2, 0.25) is 5.78 Å². The van der Waals surface area contributed by atoms with Crippen molar-refractivity contribution in [3.05, 3.63) is 46.3 Å². The zero-order valence-corrected chi connectivity index (χ0v) is 18.8. The lowest BCUT2D eigenvalue weighted by Gasteiger charge is -2.64. The second-order valence-electron chi connectivity index (χ2n) is 11.6. The van der Waals surface area contributed by atoms with Crippen LogP contribution in [0.25, 0.3) is 0 Å². The second kappa shape index (κ2) is 5.99. The maximum Gasteiger partial charge on any atom is 0.220 e. The highest BCUT2D eigenvalue weighted by Crippen LogP contribution is 2.69. The molecule has 0 aromatic carbocycles. The van der Waals surface area contributed by atoms with Gasteiger partial charge in [0.05, 0.1) is 0 Å². The number of hydrogen-bond acceptors (Lipinski definition) is 2. The fourth-order valence-corrected chi connectivity index (χ4v) is 8.08. The zero-order chi connectivity index (χ0) is 20.8. The Morgan fingerprint density at radius 2 is 1.76 bits per heavy atom. The van der Waals surface area contributed by atoms with Crippen molar-refractivity contribution in [3.63, 3.8) is 0 Å². The highest BCUT2D eigenvalue weighted by Gasteiger charge is 2.60. The molecular formula is C27H36O2. The Morgan fingerprint density at radius 1 is 1.00 bits per heavy atom. The van der Waals surface area contributed by atoms with Crippen molar-refractivity contribution >= 4 is 5.78 Å². The third-order valence-corrected chi connectivity index (χ3v) is 10.0. The summed E-state index contributed by atoms with van der Waals surface area (Å²) in [4.78, 5) is 12.5. The first-order chi connectivity index (χ1) is 13.6. The van der Waals surface area contributed by atoms with E-state index in [4.69, 9.17) is 0 Å². The number of ketones is 1. The molecule has 3 fully saturated rings. The minimum absolute atomic E-state index is 0.0787. The maximum atomic E-state index is 12.5. The number of fused-ring (bicyclic) bond motifs is 7. The number of aliphatic hydroxyl groups excluding tert-OH is 1.